The first-order chi connectivity index (χ1) is 5.70. The van der Waals surface area contributed by atoms with Crippen LogP contribution in [0.5, 0.6) is 0 Å². The largest absolute Gasteiger partial charge is 0.253 e. The zero-order valence-electron chi connectivity index (χ0n) is 6.53. The number of hydrogen-bond donors (Lipinski definition) is 0. The van der Waals surface area contributed by atoms with Gasteiger partial charge in [0.1, 0.15) is 11.6 Å². The van der Waals surface area contributed by atoms with Crippen LogP contribution in [0.25, 0.3) is 0 Å². The molecule has 0 aliphatic rings. The minimum absolute atomic E-state index is 0.409. The molecule has 1 aromatic heterocycles. The Morgan fingerprint density at radius 3 is 2.83 bits per heavy atom. The minimum Gasteiger partial charge on any atom is -0.253 e. The standard InChI is InChI=1S/C6H6N2OS3/c1-10-6-4(3-7)5(8-11-6)12(2)9/h1-2H3. The van der Waals surface area contributed by atoms with E-state index in [0.717, 1.165) is 4.21 Å². The van der Waals surface area contributed by atoms with E-state index in [2.05, 4.69) is 4.37 Å². The highest BCUT2D eigenvalue weighted by atomic mass is 32.2. The summed E-state index contributed by atoms with van der Waals surface area (Å²) in [6.07, 6.45) is 3.40. The topological polar surface area (TPSA) is 53.8 Å². The van der Waals surface area contributed by atoms with E-state index in [1.54, 1.807) is 0 Å². The van der Waals surface area contributed by atoms with Crippen LogP contribution in [-0.2, 0) is 10.8 Å². The molecule has 1 atom stereocenters. The summed E-state index contributed by atoms with van der Waals surface area (Å²) in [5.41, 5.74) is 0.466. The van der Waals surface area contributed by atoms with Crippen LogP contribution in [0, 0.1) is 11.3 Å². The van der Waals surface area contributed by atoms with Crippen molar-refractivity contribution in [1.29, 1.82) is 5.26 Å². The molecule has 0 radical (unpaired) electrons. The number of rotatable bonds is 2. The van der Waals surface area contributed by atoms with Crippen molar-refractivity contribution in [3.63, 3.8) is 0 Å². The molecule has 3 nitrogen and oxygen atoms in total. The van der Waals surface area contributed by atoms with Gasteiger partial charge in [0.2, 0.25) is 0 Å². The molecule has 0 saturated heterocycles. The molecule has 0 bridgehead atoms. The van der Waals surface area contributed by atoms with Crippen molar-refractivity contribution >= 4 is 34.1 Å². The third-order valence-corrected chi connectivity index (χ3v) is 4.10. The zero-order valence-corrected chi connectivity index (χ0v) is 8.98. The Morgan fingerprint density at radius 1 is 1.75 bits per heavy atom. The van der Waals surface area contributed by atoms with E-state index in [4.69, 9.17) is 5.26 Å². The lowest BCUT2D eigenvalue weighted by Gasteiger charge is -1.89. The van der Waals surface area contributed by atoms with Gasteiger partial charge in [-0.15, -0.1) is 11.8 Å². The molecule has 1 heterocycles. The van der Waals surface area contributed by atoms with Crippen LogP contribution in [0.15, 0.2) is 9.24 Å². The molecule has 0 spiro atoms. The summed E-state index contributed by atoms with van der Waals surface area (Å²) >= 11 is 2.68. The number of aromatic nitrogens is 1. The van der Waals surface area contributed by atoms with Gasteiger partial charge in [-0.05, 0) is 17.8 Å². The van der Waals surface area contributed by atoms with Crippen LogP contribution in [0.1, 0.15) is 5.56 Å². The molecule has 64 valence electrons. The highest BCUT2D eigenvalue weighted by Crippen LogP contribution is 2.28. The quantitative estimate of drug-likeness (QED) is 0.705. The maximum absolute atomic E-state index is 11.0. The molecule has 0 saturated carbocycles. The first kappa shape index (κ1) is 9.71. The summed E-state index contributed by atoms with van der Waals surface area (Å²) in [6.45, 7) is 0. The van der Waals surface area contributed by atoms with E-state index >= 15 is 0 Å². The lowest BCUT2D eigenvalue weighted by molar-refractivity contribution is 0.685. The Balaban J connectivity index is 3.25. The van der Waals surface area contributed by atoms with Crippen LogP contribution in [0.3, 0.4) is 0 Å². The summed E-state index contributed by atoms with van der Waals surface area (Å²) in [5, 5.41) is 9.15. The van der Waals surface area contributed by atoms with Crippen molar-refractivity contribution in [1.82, 2.24) is 4.37 Å². The number of thioether (sulfide) groups is 1. The molecule has 12 heavy (non-hydrogen) atoms. The van der Waals surface area contributed by atoms with Crippen LogP contribution in [-0.4, -0.2) is 21.1 Å². The maximum atomic E-state index is 11.0. The summed E-state index contributed by atoms with van der Waals surface area (Å²) in [7, 11) is -1.16. The average Bonchev–Trinajstić information content (AvgIpc) is 2.46. The fourth-order valence-corrected chi connectivity index (χ4v) is 3.03. The van der Waals surface area contributed by atoms with Gasteiger partial charge in [0.25, 0.3) is 0 Å². The third-order valence-electron chi connectivity index (χ3n) is 1.20. The van der Waals surface area contributed by atoms with Gasteiger partial charge in [-0.1, -0.05) is 0 Å². The average molecular weight is 218 g/mol. The second kappa shape index (κ2) is 4.03. The number of nitriles is 1. The lowest BCUT2D eigenvalue weighted by atomic mass is 10.4. The predicted molar refractivity (Wildman–Crippen MR) is 50.9 cm³/mol. The van der Waals surface area contributed by atoms with Gasteiger partial charge in [0, 0.05) is 6.26 Å². The Kier molecular flexibility index (Phi) is 3.26. The van der Waals surface area contributed by atoms with Gasteiger partial charge in [0.05, 0.1) is 15.0 Å². The second-order valence-corrected chi connectivity index (χ2v) is 5.06. The Morgan fingerprint density at radius 2 is 2.42 bits per heavy atom. The molecule has 1 aromatic rings. The fraction of sp³-hybridized carbons (Fsp3) is 0.333. The minimum atomic E-state index is -1.16. The van der Waals surface area contributed by atoms with Crippen molar-refractivity contribution in [2.75, 3.05) is 12.5 Å². The van der Waals surface area contributed by atoms with Gasteiger partial charge in [-0.25, -0.2) is 0 Å². The number of nitrogens with zero attached hydrogens (tertiary/aromatic N) is 2. The molecule has 1 unspecified atom stereocenters. The van der Waals surface area contributed by atoms with Crippen molar-refractivity contribution < 1.29 is 4.21 Å². The molecule has 0 N–H and O–H groups in total. The van der Waals surface area contributed by atoms with Gasteiger partial charge < -0.3 is 0 Å². The van der Waals surface area contributed by atoms with Gasteiger partial charge in [-0.3, -0.25) is 4.21 Å². The predicted octanol–water partition coefficient (Wildman–Crippen LogP) is 1.47. The first-order valence-corrected chi connectivity index (χ1v) is 6.53. The van der Waals surface area contributed by atoms with E-state index in [1.807, 2.05) is 12.3 Å². The summed E-state index contributed by atoms with van der Waals surface area (Å²) in [6, 6.07) is 2.01. The number of hydrogen-bond acceptors (Lipinski definition) is 5. The van der Waals surface area contributed by atoms with Crippen molar-refractivity contribution in [2.24, 2.45) is 0 Å². The van der Waals surface area contributed by atoms with Crippen molar-refractivity contribution in [3.05, 3.63) is 5.56 Å². The van der Waals surface area contributed by atoms with E-state index in [0.29, 0.717) is 10.6 Å². The maximum Gasteiger partial charge on any atom is 0.159 e. The normalized spacial score (nSPS) is 12.4. The van der Waals surface area contributed by atoms with Gasteiger partial charge in [-0.2, -0.15) is 9.64 Å². The smallest absolute Gasteiger partial charge is 0.159 e. The first-order valence-electron chi connectivity index (χ1n) is 2.98. The zero-order chi connectivity index (χ0) is 9.14. The molecule has 0 fully saturated rings. The SMILES string of the molecule is CSc1snc(S(C)=O)c1C#N. The van der Waals surface area contributed by atoms with Crippen molar-refractivity contribution in [3.8, 4) is 6.07 Å². The molecule has 1 rings (SSSR count). The van der Waals surface area contributed by atoms with E-state index < -0.39 is 10.8 Å². The molecule has 0 amide bonds. The van der Waals surface area contributed by atoms with Gasteiger partial charge in [0.15, 0.2) is 5.03 Å². The van der Waals surface area contributed by atoms with Crippen LogP contribution < -0.4 is 0 Å². The molecular weight excluding hydrogens is 212 g/mol. The molecule has 0 aliphatic heterocycles. The monoisotopic (exact) mass is 218 g/mol. The summed E-state index contributed by atoms with van der Waals surface area (Å²) in [4.78, 5) is 0. The highest BCUT2D eigenvalue weighted by Gasteiger charge is 2.14. The lowest BCUT2D eigenvalue weighted by Crippen LogP contribution is -1.90. The van der Waals surface area contributed by atoms with Crippen LogP contribution in [0.2, 0.25) is 0 Å². The Hall–Kier alpha value is -0.380. The summed E-state index contributed by atoms with van der Waals surface area (Å²) in [5.74, 6) is 0. The highest BCUT2D eigenvalue weighted by molar-refractivity contribution is 8.00. The van der Waals surface area contributed by atoms with Crippen molar-refractivity contribution in [2.45, 2.75) is 9.24 Å². The molecule has 0 aliphatic carbocycles. The summed E-state index contributed by atoms with van der Waals surface area (Å²) < 4.78 is 15.8. The van der Waals surface area contributed by atoms with E-state index in [-0.39, 0.29) is 0 Å². The Labute approximate surface area is 81.4 Å². The van der Waals surface area contributed by atoms with Crippen LogP contribution in [0.4, 0.5) is 0 Å². The van der Waals surface area contributed by atoms with Gasteiger partial charge >= 0.3 is 0 Å². The molecule has 6 heteroatoms. The van der Waals surface area contributed by atoms with E-state index in [9.17, 15) is 4.21 Å². The second-order valence-electron chi connectivity index (χ2n) is 1.92. The third kappa shape index (κ3) is 1.68. The fourth-order valence-electron chi connectivity index (χ4n) is 0.691. The Bertz CT molecular complexity index is 352. The molecule has 0 aromatic carbocycles. The van der Waals surface area contributed by atoms with Crippen LogP contribution >= 0.6 is 23.3 Å². The molecular formula is C6H6N2OS3. The van der Waals surface area contributed by atoms with E-state index in [1.165, 1.54) is 29.6 Å².